The molecule has 1 unspecified atom stereocenters. The van der Waals surface area contributed by atoms with Gasteiger partial charge in [-0.25, -0.2) is 8.78 Å². The molecule has 0 heterocycles. The third-order valence-corrected chi connectivity index (χ3v) is 4.41. The Hall–Kier alpha value is -2.76. The lowest BCUT2D eigenvalue weighted by molar-refractivity contribution is -0.161. The lowest BCUT2D eigenvalue weighted by Gasteiger charge is -2.24. The number of halogens is 2. The van der Waals surface area contributed by atoms with Gasteiger partial charge in [-0.3, -0.25) is 9.59 Å². The fourth-order valence-electron chi connectivity index (χ4n) is 3.03. The molecule has 0 saturated carbocycles. The van der Waals surface area contributed by atoms with Gasteiger partial charge in [0.2, 0.25) is 0 Å². The second kappa shape index (κ2) is 6.63. The minimum atomic E-state index is -3.18. The van der Waals surface area contributed by atoms with Gasteiger partial charge >= 0.3 is 5.97 Å². The van der Waals surface area contributed by atoms with Crippen LogP contribution >= 0.6 is 0 Å². The van der Waals surface area contributed by atoms with Crippen LogP contribution in [-0.4, -0.2) is 25.3 Å². The third kappa shape index (κ3) is 2.77. The van der Waals surface area contributed by atoms with Crippen molar-refractivity contribution < 1.29 is 27.8 Å². The monoisotopic (exact) mass is 346 g/mol. The SMILES string of the molecule is COc1cccc2c1CC(C(=O)OCc1ccccc1)(C(F)F)C2=O. The Kier molecular flexibility index (Phi) is 4.53. The average molecular weight is 346 g/mol. The summed E-state index contributed by atoms with van der Waals surface area (Å²) in [6.45, 7) is -0.172. The highest BCUT2D eigenvalue weighted by Gasteiger charge is 2.60. The first-order chi connectivity index (χ1) is 12.0. The van der Waals surface area contributed by atoms with Crippen LogP contribution in [0, 0.1) is 5.41 Å². The van der Waals surface area contributed by atoms with Crippen molar-refractivity contribution in [3.8, 4) is 5.75 Å². The average Bonchev–Trinajstić information content (AvgIpc) is 2.94. The number of methoxy groups -OCH3 is 1. The molecule has 0 saturated heterocycles. The molecule has 0 aromatic heterocycles. The Morgan fingerprint density at radius 2 is 1.88 bits per heavy atom. The van der Waals surface area contributed by atoms with Gasteiger partial charge in [0.25, 0.3) is 6.43 Å². The highest BCUT2D eigenvalue weighted by atomic mass is 19.3. The molecule has 0 aliphatic heterocycles. The summed E-state index contributed by atoms with van der Waals surface area (Å²) in [5.41, 5.74) is -1.48. The molecular formula is C19H16F2O4. The van der Waals surface area contributed by atoms with Gasteiger partial charge in [-0.15, -0.1) is 0 Å². The summed E-state index contributed by atoms with van der Waals surface area (Å²) >= 11 is 0. The van der Waals surface area contributed by atoms with Gasteiger partial charge in [0.15, 0.2) is 11.2 Å². The number of rotatable bonds is 5. The first-order valence-electron chi connectivity index (χ1n) is 7.70. The number of benzene rings is 2. The van der Waals surface area contributed by atoms with Crippen LogP contribution in [-0.2, 0) is 22.6 Å². The third-order valence-electron chi connectivity index (χ3n) is 4.41. The van der Waals surface area contributed by atoms with E-state index in [0.29, 0.717) is 16.9 Å². The van der Waals surface area contributed by atoms with Crippen LogP contribution in [0.25, 0.3) is 0 Å². The normalized spacial score (nSPS) is 19.0. The second-order valence-electron chi connectivity index (χ2n) is 5.83. The van der Waals surface area contributed by atoms with Crippen LogP contribution in [0.5, 0.6) is 5.75 Å². The molecule has 1 aliphatic carbocycles. The predicted molar refractivity (Wildman–Crippen MR) is 85.7 cm³/mol. The number of carbonyl (C=O) groups excluding carboxylic acids is 2. The molecule has 0 radical (unpaired) electrons. The van der Waals surface area contributed by atoms with Crippen molar-refractivity contribution in [1.82, 2.24) is 0 Å². The molecule has 3 rings (SSSR count). The highest BCUT2D eigenvalue weighted by Crippen LogP contribution is 2.45. The standard InChI is InChI=1S/C19H16F2O4/c1-24-15-9-5-8-13-14(15)10-19(16(13)22,17(20)21)18(23)25-11-12-6-3-2-4-7-12/h2-9,17H,10-11H2,1H3. The Labute approximate surface area is 143 Å². The molecule has 0 N–H and O–H groups in total. The predicted octanol–water partition coefficient (Wildman–Crippen LogP) is 3.43. The number of Topliss-reactive ketones (excluding diaryl/α,β-unsaturated/α-hetero) is 1. The molecule has 2 aromatic carbocycles. The molecule has 0 bridgehead atoms. The van der Waals surface area contributed by atoms with Crippen molar-refractivity contribution in [2.75, 3.05) is 7.11 Å². The first-order valence-corrected chi connectivity index (χ1v) is 7.70. The number of esters is 1. The van der Waals surface area contributed by atoms with Crippen LogP contribution < -0.4 is 4.74 Å². The Morgan fingerprint density at radius 1 is 1.16 bits per heavy atom. The largest absolute Gasteiger partial charge is 0.496 e. The fraction of sp³-hybridized carbons (Fsp3) is 0.263. The summed E-state index contributed by atoms with van der Waals surface area (Å²) in [5, 5.41) is 0. The maximum atomic E-state index is 13.9. The lowest BCUT2D eigenvalue weighted by Crippen LogP contribution is -2.45. The summed E-state index contributed by atoms with van der Waals surface area (Å²) < 4.78 is 37.9. The highest BCUT2D eigenvalue weighted by molar-refractivity contribution is 6.16. The molecule has 4 nitrogen and oxygen atoms in total. The quantitative estimate of drug-likeness (QED) is 0.615. The Balaban J connectivity index is 1.90. The molecule has 6 heteroatoms. The zero-order valence-corrected chi connectivity index (χ0v) is 13.5. The van der Waals surface area contributed by atoms with E-state index in [0.717, 1.165) is 0 Å². The van der Waals surface area contributed by atoms with E-state index in [2.05, 4.69) is 0 Å². The summed E-state index contributed by atoms with van der Waals surface area (Å²) in [7, 11) is 1.39. The van der Waals surface area contributed by atoms with Crippen molar-refractivity contribution in [1.29, 1.82) is 0 Å². The van der Waals surface area contributed by atoms with Gasteiger partial charge < -0.3 is 9.47 Å². The molecule has 0 spiro atoms. The van der Waals surface area contributed by atoms with Gasteiger partial charge in [0, 0.05) is 17.5 Å². The number of carbonyl (C=O) groups is 2. The minimum absolute atomic E-state index is 0.0799. The lowest BCUT2D eigenvalue weighted by atomic mass is 9.84. The Morgan fingerprint density at radius 3 is 2.52 bits per heavy atom. The number of hydrogen-bond acceptors (Lipinski definition) is 4. The van der Waals surface area contributed by atoms with Crippen molar-refractivity contribution >= 4 is 11.8 Å². The van der Waals surface area contributed by atoms with E-state index in [4.69, 9.17) is 9.47 Å². The van der Waals surface area contributed by atoms with Gasteiger partial charge in [0.1, 0.15) is 12.4 Å². The van der Waals surface area contributed by atoms with Crippen molar-refractivity contribution in [2.45, 2.75) is 19.5 Å². The van der Waals surface area contributed by atoms with Crippen molar-refractivity contribution in [3.63, 3.8) is 0 Å². The van der Waals surface area contributed by atoms with Crippen LogP contribution in [0.4, 0.5) is 8.78 Å². The topological polar surface area (TPSA) is 52.6 Å². The van der Waals surface area contributed by atoms with E-state index in [1.165, 1.54) is 19.2 Å². The van der Waals surface area contributed by atoms with Gasteiger partial charge in [-0.05, 0) is 11.6 Å². The van der Waals surface area contributed by atoms with Gasteiger partial charge in [0.05, 0.1) is 7.11 Å². The molecular weight excluding hydrogens is 330 g/mol. The van der Waals surface area contributed by atoms with E-state index in [1.807, 2.05) is 0 Å². The molecule has 1 atom stereocenters. The number of ketones is 1. The summed E-state index contributed by atoms with van der Waals surface area (Å²) in [5.74, 6) is -1.83. The summed E-state index contributed by atoms with van der Waals surface area (Å²) in [6, 6.07) is 13.2. The maximum Gasteiger partial charge on any atom is 0.326 e. The molecule has 130 valence electrons. The minimum Gasteiger partial charge on any atom is -0.496 e. The molecule has 2 aromatic rings. The number of fused-ring (bicyclic) bond motifs is 1. The Bertz CT molecular complexity index is 804. The van der Waals surface area contributed by atoms with Crippen LogP contribution in [0.3, 0.4) is 0 Å². The van der Waals surface area contributed by atoms with Crippen LogP contribution in [0.2, 0.25) is 0 Å². The fourth-order valence-corrected chi connectivity index (χ4v) is 3.03. The molecule has 1 aliphatic rings. The first kappa shape index (κ1) is 17.1. The van der Waals surface area contributed by atoms with Crippen molar-refractivity contribution in [3.05, 3.63) is 65.2 Å². The number of hydrogen-bond donors (Lipinski definition) is 0. The van der Waals surface area contributed by atoms with Crippen molar-refractivity contribution in [2.24, 2.45) is 5.41 Å². The van der Waals surface area contributed by atoms with Crippen LogP contribution in [0.15, 0.2) is 48.5 Å². The zero-order chi connectivity index (χ0) is 18.0. The molecule has 0 fully saturated rings. The maximum absolute atomic E-state index is 13.9. The van der Waals surface area contributed by atoms with E-state index in [1.54, 1.807) is 36.4 Å². The zero-order valence-electron chi connectivity index (χ0n) is 13.5. The summed E-state index contributed by atoms with van der Waals surface area (Å²) in [4.78, 5) is 25.1. The summed E-state index contributed by atoms with van der Waals surface area (Å²) in [6.07, 6.45) is -3.61. The molecule has 0 amide bonds. The molecule has 25 heavy (non-hydrogen) atoms. The van der Waals surface area contributed by atoms with Crippen LogP contribution in [0.1, 0.15) is 21.5 Å². The second-order valence-corrected chi connectivity index (χ2v) is 5.83. The van der Waals surface area contributed by atoms with E-state index >= 15 is 0 Å². The smallest absolute Gasteiger partial charge is 0.326 e. The van der Waals surface area contributed by atoms with E-state index < -0.39 is 30.0 Å². The van der Waals surface area contributed by atoms with E-state index in [-0.39, 0.29) is 12.2 Å². The number of alkyl halides is 2. The number of ether oxygens (including phenoxy) is 2. The van der Waals surface area contributed by atoms with Gasteiger partial charge in [-0.2, -0.15) is 0 Å². The van der Waals surface area contributed by atoms with Gasteiger partial charge in [-0.1, -0.05) is 42.5 Å². The van der Waals surface area contributed by atoms with E-state index in [9.17, 15) is 18.4 Å².